The highest BCUT2D eigenvalue weighted by Gasteiger charge is 2.22. The number of carbonyl (C=O) groups excluding carboxylic acids is 1. The molecule has 2 aromatic rings. The molecular weight excluding hydrogens is 286 g/mol. The molecule has 0 radical (unpaired) electrons. The summed E-state index contributed by atoms with van der Waals surface area (Å²) in [5.41, 5.74) is 4.10. The zero-order valence-corrected chi connectivity index (χ0v) is 10.3. The molecule has 0 spiro atoms. The Morgan fingerprint density at radius 3 is 2.67 bits per heavy atom. The fourth-order valence-electron chi connectivity index (χ4n) is 1.57. The number of nitro groups is 1. The zero-order chi connectivity index (χ0) is 15.6. The quantitative estimate of drug-likeness (QED) is 0.665. The number of pyridine rings is 1. The molecule has 7 nitrogen and oxygen atoms in total. The Bertz CT molecular complexity index is 736. The van der Waals surface area contributed by atoms with E-state index in [0.717, 1.165) is 24.4 Å². The molecule has 0 saturated carbocycles. The lowest BCUT2D eigenvalue weighted by Crippen LogP contribution is -2.15. The molecule has 108 valence electrons. The van der Waals surface area contributed by atoms with E-state index in [0.29, 0.717) is 6.07 Å². The van der Waals surface area contributed by atoms with E-state index in [1.807, 2.05) is 0 Å². The summed E-state index contributed by atoms with van der Waals surface area (Å²) >= 11 is 0. The van der Waals surface area contributed by atoms with E-state index >= 15 is 0 Å². The van der Waals surface area contributed by atoms with E-state index in [2.05, 4.69) is 10.3 Å². The van der Waals surface area contributed by atoms with Crippen LogP contribution in [0.25, 0.3) is 0 Å². The lowest BCUT2D eigenvalue weighted by molar-refractivity contribution is -0.385. The van der Waals surface area contributed by atoms with Crippen LogP contribution in [0.2, 0.25) is 0 Å². The molecule has 0 bridgehead atoms. The molecule has 1 aromatic heterocycles. The lowest BCUT2D eigenvalue weighted by Gasteiger charge is -2.07. The van der Waals surface area contributed by atoms with Crippen LogP contribution in [0.1, 0.15) is 10.4 Å². The highest BCUT2D eigenvalue weighted by molar-refractivity contribution is 6.07. The van der Waals surface area contributed by atoms with Crippen molar-refractivity contribution in [3.05, 3.63) is 57.8 Å². The summed E-state index contributed by atoms with van der Waals surface area (Å²) in [4.78, 5) is 25.5. The molecule has 3 N–H and O–H groups in total. The van der Waals surface area contributed by atoms with Crippen molar-refractivity contribution in [2.45, 2.75) is 0 Å². The third kappa shape index (κ3) is 3.08. The molecule has 1 heterocycles. The number of amides is 1. The molecule has 1 aromatic carbocycles. The van der Waals surface area contributed by atoms with Gasteiger partial charge < -0.3 is 11.1 Å². The number of aromatic nitrogens is 1. The molecule has 1 amide bonds. The molecule has 0 unspecified atom stereocenters. The molecule has 0 saturated heterocycles. The van der Waals surface area contributed by atoms with Gasteiger partial charge >= 0.3 is 0 Å². The minimum atomic E-state index is -1.01. The third-order valence-corrected chi connectivity index (χ3v) is 2.52. The largest absolute Gasteiger partial charge is 0.384 e. The third-order valence-electron chi connectivity index (χ3n) is 2.52. The van der Waals surface area contributed by atoms with Gasteiger partial charge in [0.25, 0.3) is 11.6 Å². The van der Waals surface area contributed by atoms with Crippen LogP contribution >= 0.6 is 0 Å². The highest BCUT2D eigenvalue weighted by atomic mass is 19.1. The van der Waals surface area contributed by atoms with E-state index in [4.69, 9.17) is 5.73 Å². The minimum Gasteiger partial charge on any atom is -0.384 e. The van der Waals surface area contributed by atoms with Gasteiger partial charge in [-0.25, -0.2) is 13.8 Å². The number of carbonyl (C=O) groups is 1. The van der Waals surface area contributed by atoms with Gasteiger partial charge in [-0.2, -0.15) is 0 Å². The number of nitrogen functional groups attached to an aromatic ring is 1. The van der Waals surface area contributed by atoms with Crippen molar-refractivity contribution in [3.63, 3.8) is 0 Å². The van der Waals surface area contributed by atoms with Crippen LogP contribution in [0.5, 0.6) is 0 Å². The number of benzene rings is 1. The summed E-state index contributed by atoms with van der Waals surface area (Å²) in [6.07, 6.45) is 0.825. The number of halogens is 2. The van der Waals surface area contributed by atoms with E-state index in [1.165, 1.54) is 0 Å². The minimum absolute atomic E-state index is 0.106. The number of nitrogens with two attached hydrogens (primary N) is 1. The standard InChI is InChI=1S/C12H8F2N4O3/c13-6-1-2-9(8(14)3-6)17-12(19)7-4-11(15)16-5-10(7)18(20)21/h1-5H,(H2,15,16)(H,17,19). The second kappa shape index (κ2) is 5.49. The molecule has 0 aliphatic heterocycles. The van der Waals surface area contributed by atoms with Gasteiger partial charge in [0, 0.05) is 6.07 Å². The topological polar surface area (TPSA) is 111 Å². The first-order chi connectivity index (χ1) is 9.88. The summed E-state index contributed by atoms with van der Waals surface area (Å²) in [7, 11) is 0. The molecule has 21 heavy (non-hydrogen) atoms. The average molecular weight is 294 g/mol. The van der Waals surface area contributed by atoms with Crippen molar-refractivity contribution < 1.29 is 18.5 Å². The second-order valence-corrected chi connectivity index (χ2v) is 3.96. The van der Waals surface area contributed by atoms with Crippen LogP contribution < -0.4 is 11.1 Å². The van der Waals surface area contributed by atoms with E-state index in [-0.39, 0.29) is 17.1 Å². The number of nitrogens with zero attached hydrogens (tertiary/aromatic N) is 2. The summed E-state index contributed by atoms with van der Waals surface area (Å²) < 4.78 is 26.2. The van der Waals surface area contributed by atoms with Gasteiger partial charge in [0.1, 0.15) is 29.2 Å². The number of rotatable bonds is 3. The second-order valence-electron chi connectivity index (χ2n) is 3.96. The van der Waals surface area contributed by atoms with Crippen LogP contribution in [-0.4, -0.2) is 15.8 Å². The maximum absolute atomic E-state index is 13.4. The number of anilines is 2. The van der Waals surface area contributed by atoms with Crippen LogP contribution in [-0.2, 0) is 0 Å². The first-order valence-corrected chi connectivity index (χ1v) is 5.55. The van der Waals surface area contributed by atoms with E-state index in [9.17, 15) is 23.7 Å². The predicted octanol–water partition coefficient (Wildman–Crippen LogP) is 2.10. The van der Waals surface area contributed by atoms with E-state index < -0.39 is 28.2 Å². The Hall–Kier alpha value is -3.10. The molecule has 0 aliphatic carbocycles. The van der Waals surface area contributed by atoms with Crippen molar-refractivity contribution in [3.8, 4) is 0 Å². The Labute approximate surface area is 116 Å². The Balaban J connectivity index is 2.36. The number of hydrogen-bond donors (Lipinski definition) is 2. The fraction of sp³-hybridized carbons (Fsp3) is 0. The van der Waals surface area contributed by atoms with Crippen molar-refractivity contribution in [2.75, 3.05) is 11.1 Å². The van der Waals surface area contributed by atoms with Crippen molar-refractivity contribution in [2.24, 2.45) is 0 Å². The van der Waals surface area contributed by atoms with Crippen LogP contribution in [0.3, 0.4) is 0 Å². The summed E-state index contributed by atoms with van der Waals surface area (Å²) in [5, 5.41) is 12.9. The number of nitrogens with one attached hydrogen (secondary N) is 1. The summed E-state index contributed by atoms with van der Waals surface area (Å²) in [5.74, 6) is -2.88. The Kier molecular flexibility index (Phi) is 3.74. The molecule has 0 atom stereocenters. The van der Waals surface area contributed by atoms with Gasteiger partial charge in [0.2, 0.25) is 0 Å². The van der Waals surface area contributed by atoms with Crippen molar-refractivity contribution in [1.82, 2.24) is 4.98 Å². The lowest BCUT2D eigenvalue weighted by atomic mass is 10.2. The monoisotopic (exact) mass is 294 g/mol. The van der Waals surface area contributed by atoms with Gasteiger partial charge in [-0.15, -0.1) is 0 Å². The van der Waals surface area contributed by atoms with E-state index in [1.54, 1.807) is 0 Å². The molecular formula is C12H8F2N4O3. The first kappa shape index (κ1) is 14.3. The summed E-state index contributed by atoms with van der Waals surface area (Å²) in [6.45, 7) is 0. The van der Waals surface area contributed by atoms with Crippen molar-refractivity contribution in [1.29, 1.82) is 0 Å². The van der Waals surface area contributed by atoms with Crippen LogP contribution in [0.4, 0.5) is 26.0 Å². The van der Waals surface area contributed by atoms with Gasteiger partial charge in [0.15, 0.2) is 0 Å². The predicted molar refractivity (Wildman–Crippen MR) is 69.6 cm³/mol. The molecule has 0 fully saturated rings. The molecule has 0 aliphatic rings. The van der Waals surface area contributed by atoms with Crippen LogP contribution in [0.15, 0.2) is 30.5 Å². The van der Waals surface area contributed by atoms with Crippen molar-refractivity contribution >= 4 is 23.1 Å². The first-order valence-electron chi connectivity index (χ1n) is 5.55. The highest BCUT2D eigenvalue weighted by Crippen LogP contribution is 2.22. The average Bonchev–Trinajstić information content (AvgIpc) is 2.41. The van der Waals surface area contributed by atoms with Gasteiger partial charge in [-0.05, 0) is 18.2 Å². The summed E-state index contributed by atoms with van der Waals surface area (Å²) in [6, 6.07) is 3.51. The Morgan fingerprint density at radius 1 is 1.33 bits per heavy atom. The molecule has 9 heteroatoms. The number of hydrogen-bond acceptors (Lipinski definition) is 5. The SMILES string of the molecule is Nc1cc(C(=O)Nc2ccc(F)cc2F)c([N+](=O)[O-])cn1. The van der Waals surface area contributed by atoms with Gasteiger partial charge in [0.05, 0.1) is 10.6 Å². The maximum Gasteiger partial charge on any atom is 0.300 e. The van der Waals surface area contributed by atoms with Gasteiger partial charge in [-0.1, -0.05) is 0 Å². The van der Waals surface area contributed by atoms with Gasteiger partial charge in [-0.3, -0.25) is 14.9 Å². The fourth-order valence-corrected chi connectivity index (χ4v) is 1.57. The zero-order valence-electron chi connectivity index (χ0n) is 10.3. The Morgan fingerprint density at radius 2 is 2.05 bits per heavy atom. The van der Waals surface area contributed by atoms with Crippen LogP contribution in [0, 0.1) is 21.7 Å². The maximum atomic E-state index is 13.4. The normalized spacial score (nSPS) is 10.2. The molecule has 2 rings (SSSR count). The smallest absolute Gasteiger partial charge is 0.300 e.